The van der Waals surface area contributed by atoms with Gasteiger partial charge in [-0.2, -0.15) is 0 Å². The predicted octanol–water partition coefficient (Wildman–Crippen LogP) is 4.31. The molecule has 5 heteroatoms. The summed E-state index contributed by atoms with van der Waals surface area (Å²) in [4.78, 5) is 12.0. The molecule has 6 rings (SSSR count). The molecule has 1 saturated carbocycles. The highest BCUT2D eigenvalue weighted by atomic mass is 17.3. The van der Waals surface area contributed by atoms with Gasteiger partial charge >= 0.3 is 0 Å². The summed E-state index contributed by atoms with van der Waals surface area (Å²) in [6.07, 6.45) is 3.78. The number of para-hydroxylation sites is 1. The van der Waals surface area contributed by atoms with E-state index < -0.39 is 11.4 Å². The molecule has 1 spiro atoms. The van der Waals surface area contributed by atoms with Crippen LogP contribution >= 0.6 is 0 Å². The first kappa shape index (κ1) is 17.0. The molecule has 5 fully saturated rings. The van der Waals surface area contributed by atoms with Crippen LogP contribution in [0, 0.1) is 23.7 Å². The van der Waals surface area contributed by atoms with Gasteiger partial charge < -0.3 is 14.8 Å². The summed E-state index contributed by atoms with van der Waals surface area (Å²) in [6, 6.07) is 10.3. The topological polar surface area (TPSA) is 49.0 Å². The summed E-state index contributed by atoms with van der Waals surface area (Å²) in [7, 11) is 0. The van der Waals surface area contributed by atoms with E-state index in [-0.39, 0.29) is 12.5 Å². The minimum atomic E-state index is -0.713. The maximum atomic E-state index is 6.52. The van der Waals surface area contributed by atoms with E-state index in [9.17, 15) is 0 Å². The Labute approximate surface area is 155 Å². The first-order valence-corrected chi connectivity index (χ1v) is 10.0. The van der Waals surface area contributed by atoms with Gasteiger partial charge in [-0.1, -0.05) is 32.0 Å². The number of rotatable bonds is 2. The monoisotopic (exact) mass is 359 g/mol. The smallest absolute Gasteiger partial charge is 0.201 e. The molecule has 1 unspecified atom stereocenters. The van der Waals surface area contributed by atoms with Crippen LogP contribution < -0.4 is 5.32 Å². The third-order valence-corrected chi connectivity index (χ3v) is 7.24. The van der Waals surface area contributed by atoms with Gasteiger partial charge in [-0.15, -0.1) is 0 Å². The SMILES string of the molecule is C[C@@H]1CC[C@H]2[C@@H](C)C(Nc3ccccc3)O[C@@H]3O[C@@]4(C)CC[C@@H]1[C@]32OO4. The highest BCUT2D eigenvalue weighted by molar-refractivity contribution is 5.43. The molecular formula is C21H29NO4. The van der Waals surface area contributed by atoms with Gasteiger partial charge in [0.1, 0.15) is 6.23 Å². The summed E-state index contributed by atoms with van der Waals surface area (Å²) in [5.41, 5.74) is 0.588. The first-order chi connectivity index (χ1) is 12.5. The lowest BCUT2D eigenvalue weighted by Crippen LogP contribution is -2.71. The van der Waals surface area contributed by atoms with Crippen LogP contribution in [0.4, 0.5) is 5.69 Å². The zero-order valence-electron chi connectivity index (χ0n) is 15.8. The number of hydrogen-bond donors (Lipinski definition) is 1. The number of anilines is 1. The lowest BCUT2D eigenvalue weighted by atomic mass is 9.58. The van der Waals surface area contributed by atoms with E-state index in [0.717, 1.165) is 24.9 Å². The average Bonchev–Trinajstić information content (AvgIpc) is 2.86. The Balaban J connectivity index is 1.50. The van der Waals surface area contributed by atoms with Gasteiger partial charge in [-0.3, -0.25) is 0 Å². The van der Waals surface area contributed by atoms with E-state index in [4.69, 9.17) is 19.2 Å². The quantitative estimate of drug-likeness (QED) is 0.798. The predicted molar refractivity (Wildman–Crippen MR) is 96.9 cm³/mol. The van der Waals surface area contributed by atoms with Gasteiger partial charge in [0.25, 0.3) is 0 Å². The zero-order chi connectivity index (χ0) is 17.9. The van der Waals surface area contributed by atoms with Crippen LogP contribution in [0.25, 0.3) is 0 Å². The van der Waals surface area contributed by atoms with Crippen molar-refractivity contribution in [3.05, 3.63) is 30.3 Å². The fourth-order valence-corrected chi connectivity index (χ4v) is 5.77. The maximum Gasteiger partial charge on any atom is 0.201 e. The Morgan fingerprint density at radius 1 is 1.00 bits per heavy atom. The average molecular weight is 359 g/mol. The second-order valence-corrected chi connectivity index (χ2v) is 8.84. The van der Waals surface area contributed by atoms with Gasteiger partial charge in [0.05, 0.1) is 0 Å². The van der Waals surface area contributed by atoms with Crippen molar-refractivity contribution in [1.82, 2.24) is 0 Å². The van der Waals surface area contributed by atoms with Crippen molar-refractivity contribution in [2.75, 3.05) is 5.32 Å². The molecule has 8 atom stereocenters. The Kier molecular flexibility index (Phi) is 3.87. The van der Waals surface area contributed by atoms with Crippen LogP contribution in [-0.2, 0) is 19.2 Å². The molecule has 1 N–H and O–H groups in total. The standard InChI is InChI=1S/C21H29NO4/c1-13-9-10-17-14(2)18(22-15-7-5-4-6-8-15)23-19-21(17)16(13)11-12-20(3,24-19)25-26-21/h4-8,13-14,16-19,22H,9-12H2,1-3H3/t13-,14-,16+,17+,18?,19-,20-,21-/m1/s1. The van der Waals surface area contributed by atoms with Crippen molar-refractivity contribution < 1.29 is 19.2 Å². The van der Waals surface area contributed by atoms with Crippen molar-refractivity contribution in [1.29, 1.82) is 0 Å². The van der Waals surface area contributed by atoms with Crippen LogP contribution in [0.2, 0.25) is 0 Å². The zero-order valence-corrected chi connectivity index (χ0v) is 15.8. The number of fused-ring (bicyclic) bond motifs is 2. The Bertz CT molecular complexity index is 669. The third-order valence-electron chi connectivity index (χ3n) is 7.24. The summed E-state index contributed by atoms with van der Waals surface area (Å²) in [5, 5.41) is 3.57. The van der Waals surface area contributed by atoms with Gasteiger partial charge in [0.2, 0.25) is 5.79 Å². The molecule has 4 heterocycles. The molecule has 1 aromatic rings. The highest BCUT2D eigenvalue weighted by Crippen LogP contribution is 2.60. The Hall–Kier alpha value is -1.14. The van der Waals surface area contributed by atoms with E-state index in [1.165, 1.54) is 6.42 Å². The summed E-state index contributed by atoms with van der Waals surface area (Å²) >= 11 is 0. The minimum Gasteiger partial charge on any atom is -0.360 e. The molecule has 1 aromatic carbocycles. The number of ether oxygens (including phenoxy) is 2. The molecule has 5 nitrogen and oxygen atoms in total. The molecular weight excluding hydrogens is 330 g/mol. The van der Waals surface area contributed by atoms with Crippen molar-refractivity contribution >= 4 is 5.69 Å². The van der Waals surface area contributed by atoms with Gasteiger partial charge in [-0.05, 0) is 50.2 Å². The molecule has 4 aliphatic heterocycles. The molecule has 0 radical (unpaired) electrons. The lowest BCUT2D eigenvalue weighted by Gasteiger charge is -2.60. The van der Waals surface area contributed by atoms with Crippen LogP contribution in [0.5, 0.6) is 0 Å². The van der Waals surface area contributed by atoms with Crippen LogP contribution in [-0.4, -0.2) is 23.9 Å². The molecule has 0 aromatic heterocycles. The largest absolute Gasteiger partial charge is 0.360 e. The molecule has 142 valence electrons. The van der Waals surface area contributed by atoms with E-state index in [1.807, 2.05) is 25.1 Å². The number of nitrogens with one attached hydrogen (secondary N) is 1. The normalized spacial score (nSPS) is 50.0. The van der Waals surface area contributed by atoms with Crippen LogP contribution in [0.15, 0.2) is 30.3 Å². The fourth-order valence-electron chi connectivity index (χ4n) is 5.77. The second-order valence-electron chi connectivity index (χ2n) is 8.84. The molecule has 0 amide bonds. The maximum absolute atomic E-state index is 6.52. The molecule has 5 aliphatic rings. The number of benzene rings is 1. The summed E-state index contributed by atoms with van der Waals surface area (Å²) < 4.78 is 12.9. The molecule has 26 heavy (non-hydrogen) atoms. The van der Waals surface area contributed by atoms with E-state index in [1.54, 1.807) is 0 Å². The molecule has 1 aliphatic carbocycles. The number of hydrogen-bond acceptors (Lipinski definition) is 5. The third kappa shape index (κ3) is 2.37. The van der Waals surface area contributed by atoms with Crippen LogP contribution in [0.1, 0.15) is 46.5 Å². The van der Waals surface area contributed by atoms with Gasteiger partial charge in [-0.25, -0.2) is 9.78 Å². The Morgan fingerprint density at radius 3 is 2.62 bits per heavy atom. The Morgan fingerprint density at radius 2 is 1.81 bits per heavy atom. The molecule has 2 bridgehead atoms. The van der Waals surface area contributed by atoms with Crippen molar-refractivity contribution in [3.8, 4) is 0 Å². The summed E-state index contributed by atoms with van der Waals surface area (Å²) in [5.74, 6) is 0.948. The van der Waals surface area contributed by atoms with Crippen molar-refractivity contribution in [3.63, 3.8) is 0 Å². The lowest BCUT2D eigenvalue weighted by molar-refractivity contribution is -0.570. The van der Waals surface area contributed by atoms with Gasteiger partial charge in [0.15, 0.2) is 11.9 Å². The first-order valence-electron chi connectivity index (χ1n) is 10.0. The van der Waals surface area contributed by atoms with E-state index >= 15 is 0 Å². The highest BCUT2D eigenvalue weighted by Gasteiger charge is 2.69. The molecule has 4 saturated heterocycles. The van der Waals surface area contributed by atoms with E-state index in [0.29, 0.717) is 23.7 Å². The van der Waals surface area contributed by atoms with E-state index in [2.05, 4.69) is 31.3 Å². The van der Waals surface area contributed by atoms with Gasteiger partial charge in [0, 0.05) is 23.9 Å². The van der Waals surface area contributed by atoms with Crippen molar-refractivity contribution in [2.45, 2.75) is 70.4 Å². The summed E-state index contributed by atoms with van der Waals surface area (Å²) in [6.45, 7) is 6.58. The van der Waals surface area contributed by atoms with Crippen molar-refractivity contribution in [2.24, 2.45) is 23.7 Å². The minimum absolute atomic E-state index is 0.0985. The fraction of sp³-hybridized carbons (Fsp3) is 0.714. The second kappa shape index (κ2) is 5.93. The van der Waals surface area contributed by atoms with Crippen LogP contribution in [0.3, 0.4) is 0 Å².